The van der Waals surface area contributed by atoms with Crippen molar-refractivity contribution in [2.75, 3.05) is 25.0 Å². The van der Waals surface area contributed by atoms with Gasteiger partial charge in [-0.2, -0.15) is 0 Å². The van der Waals surface area contributed by atoms with Crippen LogP contribution in [0.5, 0.6) is 0 Å². The predicted molar refractivity (Wildman–Crippen MR) is 92.7 cm³/mol. The van der Waals surface area contributed by atoms with E-state index in [1.165, 1.54) is 24.2 Å². The van der Waals surface area contributed by atoms with Gasteiger partial charge >= 0.3 is 0 Å². The van der Waals surface area contributed by atoms with Gasteiger partial charge in [0.25, 0.3) is 0 Å². The summed E-state index contributed by atoms with van der Waals surface area (Å²) in [4.78, 5) is 19.0. The molecule has 124 valence electrons. The summed E-state index contributed by atoms with van der Waals surface area (Å²) in [5.41, 5.74) is 1.07. The van der Waals surface area contributed by atoms with Gasteiger partial charge in [0.2, 0.25) is 5.91 Å². The molecule has 2 aliphatic rings. The molecule has 0 aromatic carbocycles. The van der Waals surface area contributed by atoms with Crippen molar-refractivity contribution >= 4 is 34.8 Å². The lowest BCUT2D eigenvalue weighted by molar-refractivity contribution is -0.117. The predicted octanol–water partition coefficient (Wildman–Crippen LogP) is 2.49. The standard InChI is InChI=1S/C15H24N4OS.ClH/c1-11-4-7-19(8-5-11)9-12-10-21-15(17-12)18-14(20)13-3-2-6-16-13;/h10-11,13,16H,2-9H2,1H3,(H,17,18,20);1H. The molecule has 2 saturated heterocycles. The molecule has 2 aliphatic heterocycles. The molecular formula is C15H25ClN4OS. The zero-order valence-corrected chi connectivity index (χ0v) is 14.6. The molecule has 0 saturated carbocycles. The Labute approximate surface area is 142 Å². The van der Waals surface area contributed by atoms with Crippen LogP contribution in [-0.4, -0.2) is 41.5 Å². The van der Waals surface area contributed by atoms with Crippen molar-refractivity contribution in [1.29, 1.82) is 0 Å². The number of aromatic nitrogens is 1. The molecule has 0 aliphatic carbocycles. The molecule has 1 atom stereocenters. The lowest BCUT2D eigenvalue weighted by Crippen LogP contribution is -2.35. The maximum Gasteiger partial charge on any atom is 0.243 e. The molecule has 0 bridgehead atoms. The average molecular weight is 345 g/mol. The van der Waals surface area contributed by atoms with Crippen molar-refractivity contribution in [3.63, 3.8) is 0 Å². The molecule has 3 heterocycles. The first-order chi connectivity index (χ1) is 10.2. The van der Waals surface area contributed by atoms with E-state index in [0.717, 1.165) is 55.8 Å². The number of carbonyl (C=O) groups excluding carboxylic acids is 1. The van der Waals surface area contributed by atoms with Gasteiger partial charge < -0.3 is 10.6 Å². The van der Waals surface area contributed by atoms with Crippen LogP contribution in [0.1, 0.15) is 38.3 Å². The van der Waals surface area contributed by atoms with Crippen LogP contribution < -0.4 is 10.6 Å². The van der Waals surface area contributed by atoms with E-state index in [1.807, 2.05) is 0 Å². The molecular weight excluding hydrogens is 320 g/mol. The van der Waals surface area contributed by atoms with Crippen molar-refractivity contribution in [3.8, 4) is 0 Å². The molecule has 5 nitrogen and oxygen atoms in total. The van der Waals surface area contributed by atoms with Crippen LogP contribution in [0, 0.1) is 5.92 Å². The summed E-state index contributed by atoms with van der Waals surface area (Å²) < 4.78 is 0. The van der Waals surface area contributed by atoms with Crippen molar-refractivity contribution < 1.29 is 4.79 Å². The first-order valence-electron chi connectivity index (χ1n) is 7.92. The number of likely N-dealkylation sites (tertiary alicyclic amines) is 1. The Bertz CT molecular complexity index is 482. The average Bonchev–Trinajstić information content (AvgIpc) is 3.13. The summed E-state index contributed by atoms with van der Waals surface area (Å²) in [6, 6.07) is -0.0408. The van der Waals surface area contributed by atoms with Crippen LogP contribution in [0.15, 0.2) is 5.38 Å². The van der Waals surface area contributed by atoms with Gasteiger partial charge in [-0.25, -0.2) is 4.98 Å². The molecule has 0 spiro atoms. The van der Waals surface area contributed by atoms with Crippen LogP contribution in [0.3, 0.4) is 0 Å². The second-order valence-corrected chi connectivity index (χ2v) is 7.10. The van der Waals surface area contributed by atoms with E-state index in [1.54, 1.807) is 0 Å². The number of anilines is 1. The van der Waals surface area contributed by atoms with Gasteiger partial charge in [-0.05, 0) is 51.2 Å². The highest BCUT2D eigenvalue weighted by Crippen LogP contribution is 2.21. The first-order valence-corrected chi connectivity index (χ1v) is 8.79. The highest BCUT2D eigenvalue weighted by atomic mass is 35.5. The van der Waals surface area contributed by atoms with Crippen LogP contribution in [0.2, 0.25) is 0 Å². The largest absolute Gasteiger partial charge is 0.306 e. The second-order valence-electron chi connectivity index (χ2n) is 6.24. The Balaban J connectivity index is 0.00000176. The van der Waals surface area contributed by atoms with Gasteiger partial charge in [0.05, 0.1) is 11.7 Å². The third-order valence-corrected chi connectivity index (χ3v) is 5.23. The van der Waals surface area contributed by atoms with Crippen LogP contribution in [0.4, 0.5) is 5.13 Å². The fourth-order valence-corrected chi connectivity index (χ4v) is 3.69. The number of halogens is 1. The Morgan fingerprint density at radius 1 is 1.45 bits per heavy atom. The number of carbonyl (C=O) groups is 1. The van der Waals surface area contributed by atoms with E-state index in [4.69, 9.17) is 0 Å². The van der Waals surface area contributed by atoms with E-state index in [0.29, 0.717) is 0 Å². The smallest absolute Gasteiger partial charge is 0.243 e. The Morgan fingerprint density at radius 2 is 2.23 bits per heavy atom. The number of amides is 1. The summed E-state index contributed by atoms with van der Waals surface area (Å²) >= 11 is 1.53. The number of nitrogens with zero attached hydrogens (tertiary/aromatic N) is 2. The summed E-state index contributed by atoms with van der Waals surface area (Å²) in [7, 11) is 0. The molecule has 7 heteroatoms. The Hall–Kier alpha value is -0.690. The number of rotatable bonds is 4. The maximum atomic E-state index is 12.0. The van der Waals surface area contributed by atoms with Crippen molar-refractivity contribution in [2.24, 2.45) is 5.92 Å². The number of hydrogen-bond acceptors (Lipinski definition) is 5. The van der Waals surface area contributed by atoms with Crippen molar-refractivity contribution in [3.05, 3.63) is 11.1 Å². The van der Waals surface area contributed by atoms with Gasteiger partial charge in [-0.15, -0.1) is 23.7 Å². The monoisotopic (exact) mass is 344 g/mol. The summed E-state index contributed by atoms with van der Waals surface area (Å²) in [6.07, 6.45) is 4.56. The zero-order chi connectivity index (χ0) is 14.7. The number of thiazole rings is 1. The fourth-order valence-electron chi connectivity index (χ4n) is 2.99. The normalized spacial score (nSPS) is 23.2. The second kappa shape index (κ2) is 8.24. The summed E-state index contributed by atoms with van der Waals surface area (Å²) in [5.74, 6) is 0.908. The molecule has 1 unspecified atom stereocenters. The molecule has 2 N–H and O–H groups in total. The minimum atomic E-state index is -0.0408. The summed E-state index contributed by atoms with van der Waals surface area (Å²) in [6.45, 7) is 6.49. The van der Waals surface area contributed by atoms with Gasteiger partial charge in [-0.3, -0.25) is 9.69 Å². The minimum absolute atomic E-state index is 0. The van der Waals surface area contributed by atoms with Crippen molar-refractivity contribution in [2.45, 2.75) is 45.2 Å². The number of hydrogen-bond donors (Lipinski definition) is 2. The van der Waals surface area contributed by atoms with Crippen LogP contribution in [-0.2, 0) is 11.3 Å². The third-order valence-electron chi connectivity index (χ3n) is 4.42. The van der Waals surface area contributed by atoms with E-state index in [9.17, 15) is 4.79 Å². The van der Waals surface area contributed by atoms with E-state index < -0.39 is 0 Å². The molecule has 22 heavy (non-hydrogen) atoms. The topological polar surface area (TPSA) is 57.3 Å². The number of nitrogens with one attached hydrogen (secondary N) is 2. The van der Waals surface area contributed by atoms with Crippen molar-refractivity contribution in [1.82, 2.24) is 15.2 Å². The lowest BCUT2D eigenvalue weighted by atomic mass is 9.99. The van der Waals surface area contributed by atoms with Gasteiger partial charge in [-0.1, -0.05) is 6.92 Å². The number of piperidine rings is 1. The molecule has 2 fully saturated rings. The highest BCUT2D eigenvalue weighted by molar-refractivity contribution is 7.13. The fraction of sp³-hybridized carbons (Fsp3) is 0.733. The molecule has 1 aromatic rings. The highest BCUT2D eigenvalue weighted by Gasteiger charge is 2.23. The lowest BCUT2D eigenvalue weighted by Gasteiger charge is -2.29. The zero-order valence-electron chi connectivity index (χ0n) is 13.0. The maximum absolute atomic E-state index is 12.0. The Morgan fingerprint density at radius 3 is 2.91 bits per heavy atom. The molecule has 3 rings (SSSR count). The first kappa shape index (κ1) is 17.7. The van der Waals surface area contributed by atoms with Crippen LogP contribution in [0.25, 0.3) is 0 Å². The van der Waals surface area contributed by atoms with E-state index in [-0.39, 0.29) is 24.4 Å². The van der Waals surface area contributed by atoms with E-state index in [2.05, 4.69) is 32.8 Å². The third kappa shape index (κ3) is 4.65. The molecule has 1 amide bonds. The Kier molecular flexibility index (Phi) is 6.62. The van der Waals surface area contributed by atoms with Crippen LogP contribution >= 0.6 is 23.7 Å². The van der Waals surface area contributed by atoms with Gasteiger partial charge in [0.15, 0.2) is 5.13 Å². The quantitative estimate of drug-likeness (QED) is 0.881. The minimum Gasteiger partial charge on any atom is -0.306 e. The SMILES string of the molecule is CC1CCN(Cc2csc(NC(=O)C3CCCN3)n2)CC1.Cl. The van der Waals surface area contributed by atoms with E-state index >= 15 is 0 Å². The van der Waals surface area contributed by atoms with Gasteiger partial charge in [0, 0.05) is 11.9 Å². The van der Waals surface area contributed by atoms with Gasteiger partial charge in [0.1, 0.15) is 0 Å². The molecule has 0 radical (unpaired) electrons. The summed E-state index contributed by atoms with van der Waals surface area (Å²) in [5, 5.41) is 8.94. The molecule has 1 aromatic heterocycles.